The summed E-state index contributed by atoms with van der Waals surface area (Å²) >= 11 is 9.86. The average Bonchev–Trinajstić information content (AvgIpc) is 2.94. The summed E-state index contributed by atoms with van der Waals surface area (Å²) in [5, 5.41) is -0.332. The van der Waals surface area contributed by atoms with Crippen LogP contribution < -0.4 is 5.69 Å². The van der Waals surface area contributed by atoms with Crippen LogP contribution in [0.4, 0.5) is 0 Å². The number of imidazole rings is 1. The maximum atomic E-state index is 11.2. The molecule has 1 unspecified atom stereocenters. The van der Waals surface area contributed by atoms with Gasteiger partial charge in [0.1, 0.15) is 0 Å². The number of fused-ring (bicyclic) bond motifs is 1. The zero-order valence-corrected chi connectivity index (χ0v) is 11.4. The highest BCUT2D eigenvalue weighted by atomic mass is 79.9. The van der Waals surface area contributed by atoms with Crippen LogP contribution in [0.5, 0.6) is 0 Å². The largest absolute Gasteiger partial charge is 0.472 e. The van der Waals surface area contributed by atoms with Gasteiger partial charge in [-0.25, -0.2) is 4.79 Å². The van der Waals surface area contributed by atoms with Crippen molar-refractivity contribution in [2.45, 2.75) is 5.38 Å². The van der Waals surface area contributed by atoms with Crippen LogP contribution >= 0.6 is 27.5 Å². The third kappa shape index (κ3) is 1.89. The predicted octanol–water partition coefficient (Wildman–Crippen LogP) is 3.54. The highest BCUT2D eigenvalue weighted by molar-refractivity contribution is 9.10. The first-order valence-corrected chi connectivity index (χ1v) is 6.45. The molecule has 0 saturated heterocycles. The summed E-state index contributed by atoms with van der Waals surface area (Å²) in [6.07, 6.45) is 3.18. The van der Waals surface area contributed by atoms with E-state index in [0.29, 0.717) is 0 Å². The fourth-order valence-corrected chi connectivity index (χ4v) is 2.87. The molecule has 0 aliphatic carbocycles. The Morgan fingerprint density at radius 3 is 2.67 bits per heavy atom. The lowest BCUT2D eigenvalue weighted by Crippen LogP contribution is -1.99. The van der Waals surface area contributed by atoms with E-state index in [2.05, 4.69) is 25.9 Å². The minimum atomic E-state index is -0.332. The van der Waals surface area contributed by atoms with Gasteiger partial charge in [0.2, 0.25) is 0 Å². The molecule has 0 amide bonds. The van der Waals surface area contributed by atoms with Crippen molar-refractivity contribution in [3.8, 4) is 0 Å². The maximum Gasteiger partial charge on any atom is 0.323 e. The van der Waals surface area contributed by atoms with Crippen LogP contribution in [0, 0.1) is 0 Å². The number of halogens is 2. The van der Waals surface area contributed by atoms with Crippen LogP contribution in [0.1, 0.15) is 16.5 Å². The lowest BCUT2D eigenvalue weighted by molar-refractivity contribution is 0.564. The number of H-pyrrole nitrogens is 2. The normalized spacial score (nSPS) is 13.0. The van der Waals surface area contributed by atoms with E-state index in [1.807, 2.05) is 18.2 Å². The Kier molecular flexibility index (Phi) is 2.80. The van der Waals surface area contributed by atoms with Gasteiger partial charge in [-0.1, -0.05) is 15.9 Å². The average molecular weight is 328 g/mol. The first-order chi connectivity index (χ1) is 8.65. The zero-order valence-electron chi connectivity index (χ0n) is 9.04. The summed E-state index contributed by atoms with van der Waals surface area (Å²) in [7, 11) is 0. The van der Waals surface area contributed by atoms with E-state index in [0.717, 1.165) is 26.6 Å². The summed E-state index contributed by atoms with van der Waals surface area (Å²) < 4.78 is 5.86. The molecule has 2 heterocycles. The van der Waals surface area contributed by atoms with E-state index < -0.39 is 0 Å². The standard InChI is InChI=1S/C12H8BrClN2O2/c13-8-4-10-9(15-12(17)16-10)3-7(8)11(14)6-1-2-18-5-6/h1-5,11H,(H2,15,16,17). The third-order valence-corrected chi connectivity index (χ3v) is 3.92. The van der Waals surface area contributed by atoms with Crippen molar-refractivity contribution in [3.63, 3.8) is 0 Å². The first-order valence-electron chi connectivity index (χ1n) is 5.23. The summed E-state index contributed by atoms with van der Waals surface area (Å²) in [6.45, 7) is 0. The van der Waals surface area contributed by atoms with E-state index in [1.165, 1.54) is 0 Å². The molecule has 0 bridgehead atoms. The number of benzene rings is 1. The molecule has 0 spiro atoms. The molecule has 0 saturated carbocycles. The SMILES string of the molecule is O=c1[nH]c2cc(Br)c(C(Cl)c3ccoc3)cc2[nH]1. The van der Waals surface area contributed by atoms with Crippen molar-refractivity contribution in [2.75, 3.05) is 0 Å². The number of hydrogen-bond donors (Lipinski definition) is 2. The molecule has 1 atom stereocenters. The van der Waals surface area contributed by atoms with Crippen molar-refractivity contribution in [3.05, 3.63) is 56.8 Å². The highest BCUT2D eigenvalue weighted by Crippen LogP contribution is 2.35. The van der Waals surface area contributed by atoms with Crippen LogP contribution in [-0.2, 0) is 0 Å². The van der Waals surface area contributed by atoms with Gasteiger partial charge in [0.25, 0.3) is 0 Å². The molecule has 0 aliphatic heterocycles. The topological polar surface area (TPSA) is 61.8 Å². The molecule has 3 aromatic rings. The van der Waals surface area contributed by atoms with Gasteiger partial charge in [0.05, 0.1) is 28.9 Å². The lowest BCUT2D eigenvalue weighted by atomic mass is 10.1. The summed E-state index contributed by atoms with van der Waals surface area (Å²) in [6, 6.07) is 5.49. The Morgan fingerprint density at radius 1 is 1.28 bits per heavy atom. The zero-order chi connectivity index (χ0) is 12.7. The Labute approximate surface area is 115 Å². The Balaban J connectivity index is 2.16. The van der Waals surface area contributed by atoms with Crippen molar-refractivity contribution in [1.82, 2.24) is 9.97 Å². The van der Waals surface area contributed by atoms with Gasteiger partial charge in [-0.2, -0.15) is 0 Å². The van der Waals surface area contributed by atoms with Gasteiger partial charge in [0, 0.05) is 10.0 Å². The second-order valence-electron chi connectivity index (χ2n) is 3.92. The second kappa shape index (κ2) is 4.33. The molecule has 2 N–H and O–H groups in total. The van der Waals surface area contributed by atoms with Crippen molar-refractivity contribution in [2.24, 2.45) is 0 Å². The maximum absolute atomic E-state index is 11.2. The number of furan rings is 1. The van der Waals surface area contributed by atoms with Crippen molar-refractivity contribution < 1.29 is 4.42 Å². The fraction of sp³-hybridized carbons (Fsp3) is 0.0833. The summed E-state index contributed by atoms with van der Waals surface area (Å²) in [4.78, 5) is 16.6. The van der Waals surface area contributed by atoms with Gasteiger partial charge in [0.15, 0.2) is 0 Å². The van der Waals surface area contributed by atoms with Crippen LogP contribution in [0.3, 0.4) is 0 Å². The van der Waals surface area contributed by atoms with Crippen LogP contribution in [0.15, 0.2) is 44.4 Å². The first kappa shape index (κ1) is 11.6. The van der Waals surface area contributed by atoms with Crippen molar-refractivity contribution in [1.29, 1.82) is 0 Å². The lowest BCUT2D eigenvalue weighted by Gasteiger charge is -2.10. The number of aromatic nitrogens is 2. The molecule has 3 rings (SSSR count). The number of nitrogens with one attached hydrogen (secondary N) is 2. The molecule has 1 aromatic carbocycles. The Morgan fingerprint density at radius 2 is 2.00 bits per heavy atom. The highest BCUT2D eigenvalue weighted by Gasteiger charge is 2.16. The molecule has 92 valence electrons. The predicted molar refractivity (Wildman–Crippen MR) is 73.0 cm³/mol. The molecular formula is C12H8BrClN2O2. The second-order valence-corrected chi connectivity index (χ2v) is 5.21. The number of hydrogen-bond acceptors (Lipinski definition) is 2. The monoisotopic (exact) mass is 326 g/mol. The molecule has 4 nitrogen and oxygen atoms in total. The smallest absolute Gasteiger partial charge is 0.323 e. The Hall–Kier alpha value is -1.46. The van der Waals surface area contributed by atoms with E-state index in [-0.39, 0.29) is 11.1 Å². The minimum absolute atomic E-state index is 0.233. The molecule has 0 radical (unpaired) electrons. The summed E-state index contributed by atoms with van der Waals surface area (Å²) in [5.41, 5.74) is 2.98. The van der Waals surface area contributed by atoms with Gasteiger partial charge < -0.3 is 14.4 Å². The number of rotatable bonds is 2. The van der Waals surface area contributed by atoms with E-state index in [4.69, 9.17) is 16.0 Å². The van der Waals surface area contributed by atoms with Gasteiger partial charge >= 0.3 is 5.69 Å². The van der Waals surface area contributed by atoms with Crippen molar-refractivity contribution >= 4 is 38.6 Å². The fourth-order valence-electron chi connectivity index (χ4n) is 1.87. The van der Waals surface area contributed by atoms with E-state index >= 15 is 0 Å². The van der Waals surface area contributed by atoms with Crippen LogP contribution in [0.25, 0.3) is 11.0 Å². The van der Waals surface area contributed by atoms with Crippen LogP contribution in [-0.4, -0.2) is 9.97 Å². The van der Waals surface area contributed by atoms with E-state index in [9.17, 15) is 4.79 Å². The quantitative estimate of drug-likeness (QED) is 0.707. The summed E-state index contributed by atoms with van der Waals surface area (Å²) in [5.74, 6) is 0. The van der Waals surface area contributed by atoms with Gasteiger partial charge in [-0.15, -0.1) is 11.6 Å². The molecular weight excluding hydrogens is 320 g/mol. The molecule has 0 aliphatic rings. The number of alkyl halides is 1. The Bertz CT molecular complexity index is 745. The third-order valence-electron chi connectivity index (χ3n) is 2.74. The molecule has 6 heteroatoms. The van der Waals surface area contributed by atoms with E-state index in [1.54, 1.807) is 12.5 Å². The minimum Gasteiger partial charge on any atom is -0.472 e. The molecule has 18 heavy (non-hydrogen) atoms. The van der Waals surface area contributed by atoms with Gasteiger partial charge in [-0.3, -0.25) is 0 Å². The molecule has 2 aromatic heterocycles. The van der Waals surface area contributed by atoms with Gasteiger partial charge in [-0.05, 0) is 23.8 Å². The number of aromatic amines is 2. The van der Waals surface area contributed by atoms with Crippen LogP contribution in [0.2, 0.25) is 0 Å². The molecule has 0 fully saturated rings.